The number of urea groups is 1. The number of hydrogen-bond donors (Lipinski definition) is 3. The third kappa shape index (κ3) is 3.85. The van der Waals surface area contributed by atoms with Gasteiger partial charge < -0.3 is 20.3 Å². The van der Waals surface area contributed by atoms with Gasteiger partial charge in [-0.05, 0) is 37.1 Å². The van der Waals surface area contributed by atoms with Gasteiger partial charge in [-0.1, -0.05) is 0 Å². The van der Waals surface area contributed by atoms with Gasteiger partial charge in [0.1, 0.15) is 5.75 Å². The van der Waals surface area contributed by atoms with Gasteiger partial charge in [0.15, 0.2) is 6.10 Å². The van der Waals surface area contributed by atoms with Gasteiger partial charge in [0.05, 0.1) is 6.10 Å². The molecular weight excluding hydrogens is 276 g/mol. The molecule has 1 aromatic carbocycles. The van der Waals surface area contributed by atoms with Crippen LogP contribution in [0.4, 0.5) is 10.5 Å². The van der Waals surface area contributed by atoms with E-state index in [1.165, 1.54) is 17.0 Å². The van der Waals surface area contributed by atoms with Crippen LogP contribution in [0.5, 0.6) is 5.75 Å². The Morgan fingerprint density at radius 3 is 2.57 bits per heavy atom. The van der Waals surface area contributed by atoms with E-state index in [0.717, 1.165) is 0 Å². The summed E-state index contributed by atoms with van der Waals surface area (Å²) in [5, 5.41) is 20.7. The van der Waals surface area contributed by atoms with Crippen molar-refractivity contribution < 1.29 is 24.5 Å². The van der Waals surface area contributed by atoms with Crippen molar-refractivity contribution in [3.05, 3.63) is 24.3 Å². The second-order valence-corrected chi connectivity index (χ2v) is 4.92. The SMILES string of the molecule is CN(C(=O)NCC1CCC(C(=O)O)O1)c1ccc(O)cc1. The normalized spacial score (nSPS) is 21.0. The van der Waals surface area contributed by atoms with Gasteiger partial charge in [0.25, 0.3) is 0 Å². The number of aromatic hydroxyl groups is 1. The van der Waals surface area contributed by atoms with Crippen LogP contribution in [0.15, 0.2) is 24.3 Å². The molecule has 1 fully saturated rings. The van der Waals surface area contributed by atoms with Crippen LogP contribution >= 0.6 is 0 Å². The third-order valence-corrected chi connectivity index (χ3v) is 3.41. The molecule has 1 aromatic rings. The summed E-state index contributed by atoms with van der Waals surface area (Å²) in [6, 6.07) is 5.93. The Morgan fingerprint density at radius 2 is 2.00 bits per heavy atom. The molecule has 1 aliphatic heterocycles. The molecule has 2 amide bonds. The molecule has 0 spiro atoms. The number of carbonyl (C=O) groups excluding carboxylic acids is 1. The van der Waals surface area contributed by atoms with Gasteiger partial charge in [-0.2, -0.15) is 0 Å². The van der Waals surface area contributed by atoms with E-state index >= 15 is 0 Å². The second-order valence-electron chi connectivity index (χ2n) is 4.92. The van der Waals surface area contributed by atoms with Gasteiger partial charge in [-0.3, -0.25) is 4.90 Å². The van der Waals surface area contributed by atoms with E-state index in [2.05, 4.69) is 5.32 Å². The molecule has 3 N–H and O–H groups in total. The molecule has 0 radical (unpaired) electrons. The number of ether oxygens (including phenoxy) is 1. The zero-order valence-electron chi connectivity index (χ0n) is 11.7. The molecule has 0 saturated carbocycles. The van der Waals surface area contributed by atoms with Crippen molar-refractivity contribution in [1.29, 1.82) is 0 Å². The van der Waals surface area contributed by atoms with Crippen LogP contribution in [-0.4, -0.2) is 48.0 Å². The minimum atomic E-state index is -0.968. The number of carbonyl (C=O) groups is 2. The highest BCUT2D eigenvalue weighted by Crippen LogP contribution is 2.20. The first-order chi connectivity index (χ1) is 9.97. The topological polar surface area (TPSA) is 99.1 Å². The van der Waals surface area contributed by atoms with Crippen LogP contribution in [0.25, 0.3) is 0 Å². The van der Waals surface area contributed by atoms with Gasteiger partial charge in [-0.25, -0.2) is 9.59 Å². The molecule has 0 aliphatic carbocycles. The minimum absolute atomic E-state index is 0.131. The van der Waals surface area contributed by atoms with Gasteiger partial charge >= 0.3 is 12.0 Å². The van der Waals surface area contributed by atoms with Crippen LogP contribution < -0.4 is 10.2 Å². The molecule has 1 heterocycles. The number of nitrogens with zero attached hydrogens (tertiary/aromatic N) is 1. The summed E-state index contributed by atoms with van der Waals surface area (Å²) in [6.07, 6.45) is 0.0223. The van der Waals surface area contributed by atoms with E-state index in [9.17, 15) is 14.7 Å². The van der Waals surface area contributed by atoms with Crippen LogP contribution in [-0.2, 0) is 9.53 Å². The Kier molecular flexibility index (Phi) is 4.64. The number of nitrogens with one attached hydrogen (secondary N) is 1. The number of phenols is 1. The zero-order chi connectivity index (χ0) is 15.4. The summed E-state index contributed by atoms with van der Waals surface area (Å²) in [5.74, 6) is -0.836. The Labute approximate surface area is 122 Å². The summed E-state index contributed by atoms with van der Waals surface area (Å²) < 4.78 is 5.31. The molecule has 7 nitrogen and oxygen atoms in total. The predicted molar refractivity (Wildman–Crippen MR) is 75.4 cm³/mol. The van der Waals surface area contributed by atoms with Gasteiger partial charge in [0, 0.05) is 19.3 Å². The lowest BCUT2D eigenvalue weighted by atomic mass is 10.2. The third-order valence-electron chi connectivity index (χ3n) is 3.41. The van der Waals surface area contributed by atoms with Crippen molar-refractivity contribution in [2.75, 3.05) is 18.5 Å². The first kappa shape index (κ1) is 15.1. The van der Waals surface area contributed by atoms with Gasteiger partial charge in [0.2, 0.25) is 0 Å². The van der Waals surface area contributed by atoms with Crippen molar-refractivity contribution >= 4 is 17.7 Å². The van der Waals surface area contributed by atoms with E-state index < -0.39 is 12.1 Å². The molecule has 7 heteroatoms. The van der Waals surface area contributed by atoms with Crippen LogP contribution in [0.2, 0.25) is 0 Å². The summed E-state index contributed by atoms with van der Waals surface area (Å²) in [4.78, 5) is 24.2. The van der Waals surface area contributed by atoms with Crippen molar-refractivity contribution in [2.45, 2.75) is 25.0 Å². The van der Waals surface area contributed by atoms with E-state index in [1.807, 2.05) is 0 Å². The van der Waals surface area contributed by atoms with Crippen molar-refractivity contribution in [3.63, 3.8) is 0 Å². The fourth-order valence-electron chi connectivity index (χ4n) is 2.15. The maximum atomic E-state index is 12.0. The predicted octanol–water partition coefficient (Wildman–Crippen LogP) is 1.17. The first-order valence-electron chi connectivity index (χ1n) is 6.66. The molecular formula is C14H18N2O5. The Bertz CT molecular complexity index is 517. The van der Waals surface area contributed by atoms with Crippen molar-refractivity contribution in [2.24, 2.45) is 0 Å². The number of phenolic OH excluding ortho intramolecular Hbond substituents is 1. The maximum Gasteiger partial charge on any atom is 0.332 e. The smallest absolute Gasteiger partial charge is 0.332 e. The molecule has 21 heavy (non-hydrogen) atoms. The average molecular weight is 294 g/mol. The first-order valence-corrected chi connectivity index (χ1v) is 6.66. The molecule has 2 rings (SSSR count). The van der Waals surface area contributed by atoms with E-state index in [0.29, 0.717) is 18.5 Å². The monoisotopic (exact) mass is 294 g/mol. The highest BCUT2D eigenvalue weighted by Gasteiger charge is 2.30. The number of aliphatic carboxylic acids is 1. The highest BCUT2D eigenvalue weighted by atomic mass is 16.5. The number of rotatable bonds is 4. The summed E-state index contributed by atoms with van der Waals surface area (Å²) in [6.45, 7) is 0.269. The Hall–Kier alpha value is -2.28. The molecule has 0 aromatic heterocycles. The lowest BCUT2D eigenvalue weighted by molar-refractivity contribution is -0.149. The fourth-order valence-corrected chi connectivity index (χ4v) is 2.15. The number of hydrogen-bond acceptors (Lipinski definition) is 4. The average Bonchev–Trinajstić information content (AvgIpc) is 2.94. The Morgan fingerprint density at radius 1 is 1.33 bits per heavy atom. The van der Waals surface area contributed by atoms with E-state index in [1.54, 1.807) is 19.2 Å². The molecule has 2 atom stereocenters. The van der Waals surface area contributed by atoms with E-state index in [-0.39, 0.29) is 24.4 Å². The van der Waals surface area contributed by atoms with Gasteiger partial charge in [-0.15, -0.1) is 0 Å². The molecule has 114 valence electrons. The number of anilines is 1. The molecule has 2 unspecified atom stereocenters. The van der Waals surface area contributed by atoms with Crippen molar-refractivity contribution in [1.82, 2.24) is 5.32 Å². The summed E-state index contributed by atoms with van der Waals surface area (Å²) in [7, 11) is 1.61. The lowest BCUT2D eigenvalue weighted by Gasteiger charge is -2.19. The Balaban J connectivity index is 1.82. The second kappa shape index (κ2) is 6.45. The molecule has 1 aliphatic rings. The minimum Gasteiger partial charge on any atom is -0.508 e. The quantitative estimate of drug-likeness (QED) is 0.774. The van der Waals surface area contributed by atoms with Crippen LogP contribution in [0, 0.1) is 0 Å². The van der Waals surface area contributed by atoms with Crippen LogP contribution in [0.3, 0.4) is 0 Å². The summed E-state index contributed by atoms with van der Waals surface area (Å²) in [5.41, 5.74) is 0.640. The highest BCUT2D eigenvalue weighted by molar-refractivity contribution is 5.91. The number of benzene rings is 1. The number of carboxylic acid groups (broad SMARTS) is 1. The zero-order valence-corrected chi connectivity index (χ0v) is 11.7. The maximum absolute atomic E-state index is 12.0. The van der Waals surface area contributed by atoms with E-state index in [4.69, 9.17) is 9.84 Å². The standard InChI is InChI=1S/C14H18N2O5/c1-16(9-2-4-10(17)5-3-9)14(20)15-8-11-6-7-12(21-11)13(18)19/h2-5,11-12,17H,6-8H2,1H3,(H,15,20)(H,18,19). The lowest BCUT2D eigenvalue weighted by Crippen LogP contribution is -2.41. The van der Waals surface area contributed by atoms with Crippen LogP contribution in [0.1, 0.15) is 12.8 Å². The van der Waals surface area contributed by atoms with Crippen molar-refractivity contribution in [3.8, 4) is 5.75 Å². The largest absolute Gasteiger partial charge is 0.508 e. The fraction of sp³-hybridized carbons (Fsp3) is 0.429. The number of amides is 2. The molecule has 1 saturated heterocycles. The molecule has 0 bridgehead atoms. The number of carboxylic acids is 1. The summed E-state index contributed by atoms with van der Waals surface area (Å²) >= 11 is 0.